The SMILES string of the molecule is COc1cc(N2CCC(N3CCN(CC(=O)NCCCCCc4cccc5c4CN(C4CCC(=O)NC4=O)C5=O)CC3)CC2)ccc1Cc1ncc(Cl)c(Cc2ccccc2P(C)(C)=O)n1. The highest BCUT2D eigenvalue weighted by molar-refractivity contribution is 7.70. The summed E-state index contributed by atoms with van der Waals surface area (Å²) >= 11 is 6.58. The van der Waals surface area contributed by atoms with Gasteiger partial charge in [-0.25, -0.2) is 9.97 Å². The normalized spacial score (nSPS) is 18.7. The highest BCUT2D eigenvalue weighted by Gasteiger charge is 2.39. The zero-order valence-corrected chi connectivity index (χ0v) is 40.0. The Morgan fingerprint density at radius 3 is 2.42 bits per heavy atom. The first-order valence-corrected chi connectivity index (χ1v) is 26.4. The number of imide groups is 1. The first-order valence-electron chi connectivity index (χ1n) is 23.4. The Bertz CT molecular complexity index is 2480. The summed E-state index contributed by atoms with van der Waals surface area (Å²) < 4.78 is 18.9. The van der Waals surface area contributed by atoms with Gasteiger partial charge in [-0.05, 0) is 80.7 Å². The molecule has 2 N–H and O–H groups in total. The lowest BCUT2D eigenvalue weighted by molar-refractivity contribution is -0.137. The average molecular weight is 938 g/mol. The van der Waals surface area contributed by atoms with Crippen LogP contribution in [0.2, 0.25) is 5.02 Å². The van der Waals surface area contributed by atoms with Crippen LogP contribution in [0.4, 0.5) is 5.69 Å². The van der Waals surface area contributed by atoms with E-state index in [4.69, 9.17) is 21.3 Å². The second kappa shape index (κ2) is 21.2. The molecule has 0 bridgehead atoms. The second-order valence-electron chi connectivity index (χ2n) is 18.4. The van der Waals surface area contributed by atoms with E-state index in [2.05, 4.69) is 54.6 Å². The third-order valence-electron chi connectivity index (χ3n) is 13.7. The van der Waals surface area contributed by atoms with Crippen LogP contribution in [-0.4, -0.2) is 133 Å². The molecule has 5 heterocycles. The average Bonchev–Trinajstić information content (AvgIpc) is 3.64. The third kappa shape index (κ3) is 11.3. The molecule has 0 saturated carbocycles. The van der Waals surface area contributed by atoms with Crippen molar-refractivity contribution in [2.24, 2.45) is 0 Å². The van der Waals surface area contributed by atoms with Gasteiger partial charge in [0.1, 0.15) is 24.8 Å². The number of aryl methyl sites for hydroxylation is 1. The lowest BCUT2D eigenvalue weighted by atomic mass is 9.98. The molecule has 3 saturated heterocycles. The van der Waals surface area contributed by atoms with E-state index in [0.29, 0.717) is 67.0 Å². The number of rotatable bonds is 17. The van der Waals surface area contributed by atoms with Crippen LogP contribution in [0.25, 0.3) is 0 Å². The van der Waals surface area contributed by atoms with E-state index in [-0.39, 0.29) is 24.1 Å². The smallest absolute Gasteiger partial charge is 0.255 e. The number of ether oxygens (including phenoxy) is 1. The van der Waals surface area contributed by atoms with Crippen LogP contribution in [0.5, 0.6) is 5.75 Å². The molecule has 1 aromatic heterocycles. The fourth-order valence-corrected chi connectivity index (χ4v) is 11.5. The predicted molar refractivity (Wildman–Crippen MR) is 257 cm³/mol. The quantitative estimate of drug-likeness (QED) is 0.0790. The monoisotopic (exact) mass is 936 g/mol. The van der Waals surface area contributed by atoms with Gasteiger partial charge in [0.15, 0.2) is 0 Å². The van der Waals surface area contributed by atoms with Gasteiger partial charge >= 0.3 is 0 Å². The molecule has 1 atom stereocenters. The van der Waals surface area contributed by atoms with E-state index in [0.717, 1.165) is 117 Å². The van der Waals surface area contributed by atoms with Crippen LogP contribution in [-0.2, 0) is 44.8 Å². The summed E-state index contributed by atoms with van der Waals surface area (Å²) in [6.45, 7) is 10.6. The molecule has 3 fully saturated rings. The summed E-state index contributed by atoms with van der Waals surface area (Å²) in [6.07, 6.45) is 8.96. The molecule has 0 aliphatic carbocycles. The summed E-state index contributed by atoms with van der Waals surface area (Å²) in [5, 5.41) is 6.82. The van der Waals surface area contributed by atoms with E-state index in [1.165, 1.54) is 0 Å². The minimum absolute atomic E-state index is 0.0696. The molecule has 1 unspecified atom stereocenters. The Balaban J connectivity index is 0.730. The lowest BCUT2D eigenvalue weighted by Gasteiger charge is -2.43. The Kier molecular flexibility index (Phi) is 15.2. The molecular weight excluding hydrogens is 875 g/mol. The van der Waals surface area contributed by atoms with Gasteiger partial charge in [0, 0.05) is 112 Å². The van der Waals surface area contributed by atoms with Crippen molar-refractivity contribution < 1.29 is 28.5 Å². The lowest BCUT2D eigenvalue weighted by Crippen LogP contribution is -2.54. The van der Waals surface area contributed by atoms with Gasteiger partial charge in [0.2, 0.25) is 17.7 Å². The molecule has 14 nitrogen and oxygen atoms in total. The van der Waals surface area contributed by atoms with Crippen LogP contribution in [0, 0.1) is 0 Å². The summed E-state index contributed by atoms with van der Waals surface area (Å²) in [4.78, 5) is 68.4. The Labute approximate surface area is 393 Å². The topological polar surface area (TPSA) is 157 Å². The molecule has 4 amide bonds. The number of unbranched alkanes of at least 4 members (excludes halogenated alkanes) is 2. The number of anilines is 1. The Morgan fingerprint density at radius 2 is 1.67 bits per heavy atom. The Hall–Kier alpha value is -5.14. The van der Waals surface area contributed by atoms with E-state index >= 15 is 0 Å². The van der Waals surface area contributed by atoms with Crippen LogP contribution in [0.3, 0.4) is 0 Å². The molecule has 16 heteroatoms. The van der Waals surface area contributed by atoms with Crippen molar-refractivity contribution >= 4 is 53.4 Å². The number of hydrogen-bond acceptors (Lipinski definition) is 11. The molecule has 66 heavy (non-hydrogen) atoms. The van der Waals surface area contributed by atoms with Gasteiger partial charge in [-0.1, -0.05) is 60.5 Å². The highest BCUT2D eigenvalue weighted by Crippen LogP contribution is 2.37. The van der Waals surface area contributed by atoms with Crippen molar-refractivity contribution in [1.29, 1.82) is 0 Å². The second-order valence-corrected chi connectivity index (χ2v) is 22.0. The number of halogens is 1. The summed E-state index contributed by atoms with van der Waals surface area (Å²) in [5.74, 6) is 0.690. The summed E-state index contributed by atoms with van der Waals surface area (Å²) in [5.41, 5.74) is 6.55. The van der Waals surface area contributed by atoms with Crippen LogP contribution < -0.4 is 25.6 Å². The van der Waals surface area contributed by atoms with Gasteiger partial charge in [-0.3, -0.25) is 34.3 Å². The summed E-state index contributed by atoms with van der Waals surface area (Å²) in [6, 6.07) is 19.9. The number of methoxy groups -OCH3 is 1. The largest absolute Gasteiger partial charge is 0.496 e. The first-order chi connectivity index (χ1) is 31.8. The standard InChI is InChI=1S/C50H62ClN8O6P/c1-65-44-30-38(16-15-35(44)29-46-53-31-41(51)42(54-46)28-36-11-6-7-14-45(36)66(2,3)64)57-22-19-37(20-23-57)58-26-24-56(25-27-58)33-48(61)52-21-8-4-5-10-34-12-9-13-39-40(34)32-59(50(39)63)43-17-18-47(60)55-49(43)62/h6-7,9,11-16,30-31,37,43H,4-5,8,10,17-29,32-33H2,1-3H3,(H,52,61)(H,55,60,62). The van der Waals surface area contributed by atoms with Gasteiger partial charge in [-0.15, -0.1) is 0 Å². The number of carbonyl (C=O) groups is 4. The maximum Gasteiger partial charge on any atom is 0.255 e. The maximum absolute atomic E-state index is 13.2. The van der Waals surface area contributed by atoms with E-state index in [1.54, 1.807) is 31.5 Å². The zero-order valence-electron chi connectivity index (χ0n) is 38.4. The van der Waals surface area contributed by atoms with E-state index in [1.807, 2.05) is 36.4 Å². The molecule has 8 rings (SSSR count). The molecule has 4 aromatic rings. The number of hydrogen-bond donors (Lipinski definition) is 2. The number of amides is 4. The van der Waals surface area contributed by atoms with Crippen molar-refractivity contribution in [3.05, 3.63) is 111 Å². The fourth-order valence-electron chi connectivity index (χ4n) is 10.0. The number of carbonyl (C=O) groups excluding carboxylic acids is 4. The number of nitrogens with one attached hydrogen (secondary N) is 2. The molecule has 350 valence electrons. The molecule has 4 aliphatic rings. The van der Waals surface area contributed by atoms with Crippen molar-refractivity contribution in [2.75, 3.05) is 77.7 Å². The molecular formula is C50H62ClN8O6P. The van der Waals surface area contributed by atoms with Crippen molar-refractivity contribution in [3.63, 3.8) is 0 Å². The third-order valence-corrected chi connectivity index (χ3v) is 15.6. The number of piperazine rings is 1. The van der Waals surface area contributed by atoms with Crippen LogP contribution >= 0.6 is 18.7 Å². The highest BCUT2D eigenvalue weighted by atomic mass is 35.5. The van der Waals surface area contributed by atoms with Gasteiger partial charge in [0.05, 0.1) is 24.4 Å². The van der Waals surface area contributed by atoms with Gasteiger partial charge < -0.3 is 24.4 Å². The van der Waals surface area contributed by atoms with Crippen molar-refractivity contribution in [2.45, 2.75) is 82.8 Å². The van der Waals surface area contributed by atoms with E-state index in [9.17, 15) is 23.7 Å². The number of aromatic nitrogens is 2. The van der Waals surface area contributed by atoms with E-state index < -0.39 is 19.1 Å². The van der Waals surface area contributed by atoms with Crippen LogP contribution in [0.15, 0.2) is 66.9 Å². The number of nitrogens with zero attached hydrogens (tertiary/aromatic N) is 6. The number of fused-ring (bicyclic) bond motifs is 1. The summed E-state index contributed by atoms with van der Waals surface area (Å²) in [7, 11) is -0.777. The molecule has 0 spiro atoms. The van der Waals surface area contributed by atoms with Gasteiger partial charge in [0.25, 0.3) is 5.91 Å². The van der Waals surface area contributed by atoms with Crippen molar-refractivity contribution in [3.8, 4) is 5.75 Å². The van der Waals surface area contributed by atoms with Gasteiger partial charge in [-0.2, -0.15) is 0 Å². The molecule has 0 radical (unpaired) electrons. The Morgan fingerprint density at radius 1 is 0.894 bits per heavy atom. The predicted octanol–water partition coefficient (Wildman–Crippen LogP) is 5.44. The van der Waals surface area contributed by atoms with Crippen LogP contribution in [0.1, 0.15) is 89.1 Å². The zero-order chi connectivity index (χ0) is 46.4. The molecule has 4 aliphatic heterocycles. The maximum atomic E-state index is 13.2. The number of benzene rings is 3. The minimum atomic E-state index is -2.48. The first kappa shape index (κ1) is 47.4. The number of piperidine rings is 2. The fraction of sp³-hybridized carbons (Fsp3) is 0.480. The van der Waals surface area contributed by atoms with Crippen molar-refractivity contribution in [1.82, 2.24) is 35.3 Å². The molecule has 3 aromatic carbocycles. The minimum Gasteiger partial charge on any atom is -0.496 e.